The fourth-order valence-electron chi connectivity index (χ4n) is 5.13. The average Bonchev–Trinajstić information content (AvgIpc) is 3.12. The van der Waals surface area contributed by atoms with E-state index in [1.54, 1.807) is 4.90 Å². The van der Waals surface area contributed by atoms with Crippen molar-refractivity contribution in [1.82, 2.24) is 25.3 Å². The molecule has 0 aliphatic carbocycles. The van der Waals surface area contributed by atoms with E-state index in [1.807, 2.05) is 23.9 Å². The van der Waals surface area contributed by atoms with Crippen LogP contribution >= 0.6 is 0 Å². The molecule has 0 unspecified atom stereocenters. The number of hydrogen-bond acceptors (Lipinski definition) is 6. The normalized spacial score (nSPS) is 21.7. The number of piperazine rings is 1. The summed E-state index contributed by atoms with van der Waals surface area (Å²) < 4.78 is 1.87. The molecule has 3 aliphatic heterocycles. The molecule has 31 heavy (non-hydrogen) atoms. The topological polar surface area (TPSA) is 85.7 Å². The molecule has 5 rings (SSSR count). The van der Waals surface area contributed by atoms with Crippen LogP contribution in [-0.4, -0.2) is 79.0 Å². The Kier molecular flexibility index (Phi) is 5.54. The number of benzene rings is 1. The third kappa shape index (κ3) is 3.99. The van der Waals surface area contributed by atoms with Gasteiger partial charge in [-0.2, -0.15) is 5.10 Å². The summed E-state index contributed by atoms with van der Waals surface area (Å²) in [7, 11) is 1.93. The maximum Gasteiger partial charge on any atom is 0.329 e. The summed E-state index contributed by atoms with van der Waals surface area (Å²) in [6.07, 6.45) is 2.69. The molecule has 0 radical (unpaired) electrons. The SMILES string of the molecule is Cn1nc(N2CCC(=O)NC2=O)c2cccc(N3CCC(CN4CCNCC4)CC3)c21. The van der Waals surface area contributed by atoms with Crippen LogP contribution < -0.4 is 20.4 Å². The number of rotatable bonds is 4. The Hall–Kier alpha value is -2.65. The Bertz CT molecular complexity index is 974. The maximum absolute atomic E-state index is 12.4. The first-order valence-corrected chi connectivity index (χ1v) is 11.4. The van der Waals surface area contributed by atoms with E-state index in [0.717, 1.165) is 56.1 Å². The van der Waals surface area contributed by atoms with Gasteiger partial charge in [-0.3, -0.25) is 19.7 Å². The van der Waals surface area contributed by atoms with Gasteiger partial charge < -0.3 is 15.1 Å². The molecule has 4 heterocycles. The number of amides is 3. The molecule has 0 bridgehead atoms. The number of hydrogen-bond donors (Lipinski definition) is 2. The van der Waals surface area contributed by atoms with Gasteiger partial charge in [-0.25, -0.2) is 4.79 Å². The maximum atomic E-state index is 12.4. The lowest BCUT2D eigenvalue weighted by Gasteiger charge is -2.37. The predicted molar refractivity (Wildman–Crippen MR) is 120 cm³/mol. The number of aryl methyl sites for hydroxylation is 1. The molecule has 1 aromatic carbocycles. The minimum Gasteiger partial charge on any atom is -0.370 e. The highest BCUT2D eigenvalue weighted by Crippen LogP contribution is 2.35. The van der Waals surface area contributed by atoms with E-state index in [-0.39, 0.29) is 5.91 Å². The highest BCUT2D eigenvalue weighted by Gasteiger charge is 2.30. The molecule has 9 heteroatoms. The number of imide groups is 1. The van der Waals surface area contributed by atoms with Crippen LogP contribution in [0.15, 0.2) is 18.2 Å². The lowest BCUT2D eigenvalue weighted by molar-refractivity contribution is -0.120. The second-order valence-corrected chi connectivity index (χ2v) is 8.86. The first-order valence-electron chi connectivity index (χ1n) is 11.4. The van der Waals surface area contributed by atoms with Crippen molar-refractivity contribution in [1.29, 1.82) is 0 Å². The van der Waals surface area contributed by atoms with Gasteiger partial charge in [-0.05, 0) is 30.9 Å². The number of carbonyl (C=O) groups excluding carboxylic acids is 2. The summed E-state index contributed by atoms with van der Waals surface area (Å²) >= 11 is 0. The number of para-hydroxylation sites is 1. The van der Waals surface area contributed by atoms with Crippen molar-refractivity contribution in [3.8, 4) is 0 Å². The van der Waals surface area contributed by atoms with E-state index in [4.69, 9.17) is 0 Å². The molecule has 9 nitrogen and oxygen atoms in total. The zero-order valence-electron chi connectivity index (χ0n) is 18.1. The van der Waals surface area contributed by atoms with Gasteiger partial charge in [0, 0.05) is 71.2 Å². The molecule has 3 saturated heterocycles. The van der Waals surface area contributed by atoms with Gasteiger partial charge in [0.2, 0.25) is 5.91 Å². The molecule has 3 aliphatic rings. The predicted octanol–water partition coefficient (Wildman–Crippen LogP) is 1.14. The molecule has 166 valence electrons. The van der Waals surface area contributed by atoms with Gasteiger partial charge >= 0.3 is 6.03 Å². The molecule has 3 fully saturated rings. The zero-order chi connectivity index (χ0) is 21.4. The van der Waals surface area contributed by atoms with Crippen molar-refractivity contribution in [2.24, 2.45) is 13.0 Å². The monoisotopic (exact) mass is 425 g/mol. The van der Waals surface area contributed by atoms with Crippen molar-refractivity contribution in [3.05, 3.63) is 18.2 Å². The summed E-state index contributed by atoms with van der Waals surface area (Å²) in [5.74, 6) is 1.15. The van der Waals surface area contributed by atoms with Crippen LogP contribution in [-0.2, 0) is 11.8 Å². The van der Waals surface area contributed by atoms with Crippen LogP contribution in [0.5, 0.6) is 0 Å². The van der Waals surface area contributed by atoms with Crippen LogP contribution in [0.4, 0.5) is 16.3 Å². The lowest BCUT2D eigenvalue weighted by atomic mass is 9.95. The first-order chi connectivity index (χ1) is 15.1. The van der Waals surface area contributed by atoms with E-state index >= 15 is 0 Å². The molecule has 0 spiro atoms. The Labute approximate surface area is 182 Å². The number of urea groups is 1. The van der Waals surface area contributed by atoms with Crippen LogP contribution in [0.25, 0.3) is 10.9 Å². The van der Waals surface area contributed by atoms with E-state index in [1.165, 1.54) is 25.1 Å². The Morgan fingerprint density at radius 3 is 2.58 bits per heavy atom. The fraction of sp³-hybridized carbons (Fsp3) is 0.591. The smallest absolute Gasteiger partial charge is 0.329 e. The van der Waals surface area contributed by atoms with Crippen molar-refractivity contribution < 1.29 is 9.59 Å². The molecule has 3 amide bonds. The molecule has 1 aromatic heterocycles. The average molecular weight is 426 g/mol. The minimum absolute atomic E-state index is 0.231. The molecule has 2 N–H and O–H groups in total. The molecule has 0 saturated carbocycles. The van der Waals surface area contributed by atoms with Crippen LogP contribution in [0.1, 0.15) is 19.3 Å². The largest absolute Gasteiger partial charge is 0.370 e. The van der Waals surface area contributed by atoms with E-state index in [2.05, 4.69) is 31.6 Å². The van der Waals surface area contributed by atoms with Crippen LogP contribution in [0.3, 0.4) is 0 Å². The molecule has 0 atom stereocenters. The summed E-state index contributed by atoms with van der Waals surface area (Å²) in [5, 5.41) is 11.4. The van der Waals surface area contributed by atoms with E-state index in [0.29, 0.717) is 18.8 Å². The highest BCUT2D eigenvalue weighted by molar-refractivity contribution is 6.10. The number of carbonyl (C=O) groups is 2. The molecular formula is C22H31N7O2. The third-order valence-electron chi connectivity index (χ3n) is 6.81. The van der Waals surface area contributed by atoms with Crippen molar-refractivity contribution in [3.63, 3.8) is 0 Å². The Morgan fingerprint density at radius 1 is 1.06 bits per heavy atom. The number of fused-ring (bicyclic) bond motifs is 1. The second kappa shape index (κ2) is 8.47. The number of anilines is 2. The number of nitrogens with zero attached hydrogens (tertiary/aromatic N) is 5. The quantitative estimate of drug-likeness (QED) is 0.764. The van der Waals surface area contributed by atoms with Crippen molar-refractivity contribution >= 4 is 34.3 Å². The van der Waals surface area contributed by atoms with Gasteiger partial charge in [-0.1, -0.05) is 6.07 Å². The van der Waals surface area contributed by atoms with Gasteiger partial charge in [-0.15, -0.1) is 0 Å². The summed E-state index contributed by atoms with van der Waals surface area (Å²) in [6.45, 7) is 8.17. The Morgan fingerprint density at radius 2 is 1.84 bits per heavy atom. The summed E-state index contributed by atoms with van der Waals surface area (Å²) in [4.78, 5) is 30.5. The lowest BCUT2D eigenvalue weighted by Crippen LogP contribution is -2.49. The van der Waals surface area contributed by atoms with Gasteiger partial charge in [0.15, 0.2) is 5.82 Å². The Balaban J connectivity index is 1.33. The van der Waals surface area contributed by atoms with Crippen molar-refractivity contribution in [2.75, 3.05) is 62.2 Å². The number of aromatic nitrogens is 2. The second-order valence-electron chi connectivity index (χ2n) is 8.86. The first kappa shape index (κ1) is 20.3. The molecular weight excluding hydrogens is 394 g/mol. The van der Waals surface area contributed by atoms with Gasteiger partial charge in [0.1, 0.15) is 0 Å². The van der Waals surface area contributed by atoms with Crippen molar-refractivity contribution in [2.45, 2.75) is 19.3 Å². The van der Waals surface area contributed by atoms with Gasteiger partial charge in [0.05, 0.1) is 11.2 Å². The fourth-order valence-corrected chi connectivity index (χ4v) is 5.13. The van der Waals surface area contributed by atoms with E-state index < -0.39 is 6.03 Å². The number of piperidine rings is 1. The highest BCUT2D eigenvalue weighted by atomic mass is 16.2. The third-order valence-corrected chi connectivity index (χ3v) is 6.81. The number of nitrogens with one attached hydrogen (secondary N) is 2. The van der Waals surface area contributed by atoms with Crippen LogP contribution in [0, 0.1) is 5.92 Å². The molecule has 2 aromatic rings. The van der Waals surface area contributed by atoms with E-state index in [9.17, 15) is 9.59 Å². The zero-order valence-corrected chi connectivity index (χ0v) is 18.1. The summed E-state index contributed by atoms with van der Waals surface area (Å²) in [5.41, 5.74) is 2.22. The summed E-state index contributed by atoms with van der Waals surface area (Å²) in [6, 6.07) is 5.82. The van der Waals surface area contributed by atoms with Crippen LogP contribution in [0.2, 0.25) is 0 Å². The minimum atomic E-state index is -0.393. The van der Waals surface area contributed by atoms with Gasteiger partial charge in [0.25, 0.3) is 0 Å². The standard InChI is InChI=1S/C22H31N7O2/c1-26-20-17(21(25-26)29-12-7-19(30)24-22(29)31)3-2-4-18(20)28-10-5-16(6-11-28)15-27-13-8-23-9-14-27/h2-4,16,23H,5-15H2,1H3,(H,24,30,31).